The second-order valence-corrected chi connectivity index (χ2v) is 4.68. The van der Waals surface area contributed by atoms with Gasteiger partial charge in [0.25, 0.3) is 0 Å². The highest BCUT2D eigenvalue weighted by Crippen LogP contribution is 2.11. The van der Waals surface area contributed by atoms with E-state index in [0.717, 1.165) is 11.3 Å². The third-order valence-electron chi connectivity index (χ3n) is 3.06. The van der Waals surface area contributed by atoms with Crippen LogP contribution >= 0.6 is 0 Å². The third kappa shape index (κ3) is 3.57. The minimum Gasteiger partial charge on any atom is -0.467 e. The summed E-state index contributed by atoms with van der Waals surface area (Å²) in [6, 6.07) is 13.2. The molecule has 3 aromatic rings. The van der Waals surface area contributed by atoms with Gasteiger partial charge in [0.05, 0.1) is 19.4 Å². The van der Waals surface area contributed by atoms with Crippen LogP contribution in [0.15, 0.2) is 53.1 Å². The molecule has 0 atom stereocenters. The molecule has 1 amide bonds. The number of aryl methyl sites for hydroxylation is 1. The number of benzene rings is 1. The molecule has 112 valence electrons. The van der Waals surface area contributed by atoms with Crippen molar-refractivity contribution in [1.82, 2.24) is 25.5 Å². The molecule has 22 heavy (non-hydrogen) atoms. The summed E-state index contributed by atoms with van der Waals surface area (Å²) in [5.41, 5.74) is 0.899. The van der Waals surface area contributed by atoms with Gasteiger partial charge in [-0.25, -0.2) is 0 Å². The molecule has 0 bridgehead atoms. The van der Waals surface area contributed by atoms with E-state index in [1.807, 2.05) is 36.4 Å². The number of tetrazole rings is 1. The molecule has 2 heterocycles. The zero-order chi connectivity index (χ0) is 15.2. The molecule has 0 radical (unpaired) electrons. The lowest BCUT2D eigenvalue weighted by Gasteiger charge is -2.02. The standard InChI is InChI=1S/C15H15N5O2/c21-14(16-11-13-7-4-10-22-13)8-9-20-18-15(17-19-20)12-5-2-1-3-6-12/h1-7,10H,8-9,11H2,(H,16,21). The van der Waals surface area contributed by atoms with Crippen LogP contribution in [0.4, 0.5) is 0 Å². The second kappa shape index (κ2) is 6.66. The third-order valence-corrected chi connectivity index (χ3v) is 3.06. The Labute approximate surface area is 126 Å². The highest BCUT2D eigenvalue weighted by molar-refractivity contribution is 5.75. The van der Waals surface area contributed by atoms with Crippen molar-refractivity contribution < 1.29 is 9.21 Å². The van der Waals surface area contributed by atoms with E-state index in [4.69, 9.17) is 4.42 Å². The van der Waals surface area contributed by atoms with Crippen LogP contribution < -0.4 is 5.32 Å². The molecule has 7 heteroatoms. The molecular formula is C15H15N5O2. The number of nitrogens with zero attached hydrogens (tertiary/aromatic N) is 4. The van der Waals surface area contributed by atoms with Crippen molar-refractivity contribution in [3.63, 3.8) is 0 Å². The Morgan fingerprint density at radius 2 is 2.05 bits per heavy atom. The van der Waals surface area contributed by atoms with Crippen molar-refractivity contribution >= 4 is 5.91 Å². The Morgan fingerprint density at radius 3 is 2.82 bits per heavy atom. The predicted molar refractivity (Wildman–Crippen MR) is 78.4 cm³/mol. The number of hydrogen-bond donors (Lipinski definition) is 1. The number of nitrogens with one attached hydrogen (secondary N) is 1. The molecule has 0 fully saturated rings. The summed E-state index contributed by atoms with van der Waals surface area (Å²) in [6.07, 6.45) is 1.86. The van der Waals surface area contributed by atoms with Crippen LogP contribution in [0, 0.1) is 0 Å². The quantitative estimate of drug-likeness (QED) is 0.747. The minimum absolute atomic E-state index is 0.0880. The van der Waals surface area contributed by atoms with Crippen LogP contribution in [0.2, 0.25) is 0 Å². The van der Waals surface area contributed by atoms with Gasteiger partial charge < -0.3 is 9.73 Å². The summed E-state index contributed by atoms with van der Waals surface area (Å²) in [4.78, 5) is 13.2. The Hall–Kier alpha value is -2.96. The fourth-order valence-electron chi connectivity index (χ4n) is 1.93. The van der Waals surface area contributed by atoms with E-state index in [2.05, 4.69) is 20.7 Å². The Balaban J connectivity index is 1.49. The normalized spacial score (nSPS) is 10.5. The molecule has 0 aliphatic carbocycles. The molecule has 0 saturated heterocycles. The van der Waals surface area contributed by atoms with Gasteiger partial charge in [0.2, 0.25) is 11.7 Å². The van der Waals surface area contributed by atoms with Gasteiger partial charge in [0.1, 0.15) is 5.76 Å². The van der Waals surface area contributed by atoms with E-state index in [9.17, 15) is 4.79 Å². The lowest BCUT2D eigenvalue weighted by Crippen LogP contribution is -2.24. The molecule has 2 aromatic heterocycles. The van der Waals surface area contributed by atoms with Crippen LogP contribution in [0.1, 0.15) is 12.2 Å². The van der Waals surface area contributed by atoms with Crippen LogP contribution in [0.3, 0.4) is 0 Å². The average molecular weight is 297 g/mol. The number of furan rings is 1. The summed E-state index contributed by atoms with van der Waals surface area (Å²) in [5.74, 6) is 1.19. The summed E-state index contributed by atoms with van der Waals surface area (Å²) in [6.45, 7) is 0.760. The fraction of sp³-hybridized carbons (Fsp3) is 0.200. The first-order chi connectivity index (χ1) is 10.8. The van der Waals surface area contributed by atoms with E-state index in [1.165, 1.54) is 4.80 Å². The topological polar surface area (TPSA) is 85.8 Å². The summed E-state index contributed by atoms with van der Waals surface area (Å²) in [7, 11) is 0. The molecule has 0 aliphatic heterocycles. The van der Waals surface area contributed by atoms with E-state index in [1.54, 1.807) is 12.3 Å². The van der Waals surface area contributed by atoms with E-state index >= 15 is 0 Å². The second-order valence-electron chi connectivity index (χ2n) is 4.68. The number of amides is 1. The Kier molecular flexibility index (Phi) is 4.24. The average Bonchev–Trinajstić information content (AvgIpc) is 3.23. The lowest BCUT2D eigenvalue weighted by molar-refractivity contribution is -0.121. The van der Waals surface area contributed by atoms with Gasteiger partial charge >= 0.3 is 0 Å². The molecule has 7 nitrogen and oxygen atoms in total. The summed E-state index contributed by atoms with van der Waals surface area (Å²) < 4.78 is 5.14. The SMILES string of the molecule is O=C(CCn1nnc(-c2ccccc2)n1)NCc1ccco1. The number of aromatic nitrogens is 4. The first-order valence-electron chi connectivity index (χ1n) is 6.93. The van der Waals surface area contributed by atoms with Gasteiger partial charge in [0, 0.05) is 12.0 Å². The summed E-state index contributed by atoms with van der Waals surface area (Å²) in [5, 5.41) is 15.0. The molecule has 3 rings (SSSR count). The maximum atomic E-state index is 11.7. The molecular weight excluding hydrogens is 282 g/mol. The molecule has 1 aromatic carbocycles. The zero-order valence-corrected chi connectivity index (χ0v) is 11.8. The van der Waals surface area contributed by atoms with Gasteiger partial charge in [-0.1, -0.05) is 30.3 Å². The van der Waals surface area contributed by atoms with Crippen molar-refractivity contribution in [2.24, 2.45) is 0 Å². The van der Waals surface area contributed by atoms with Crippen molar-refractivity contribution in [1.29, 1.82) is 0 Å². The summed E-state index contributed by atoms with van der Waals surface area (Å²) >= 11 is 0. The Bertz CT molecular complexity index is 721. The molecule has 0 unspecified atom stereocenters. The Morgan fingerprint density at radius 1 is 1.18 bits per heavy atom. The maximum absolute atomic E-state index is 11.7. The van der Waals surface area contributed by atoms with Crippen LogP contribution in [0.25, 0.3) is 11.4 Å². The number of carbonyl (C=O) groups excluding carboxylic acids is 1. The van der Waals surface area contributed by atoms with E-state index in [0.29, 0.717) is 18.9 Å². The highest BCUT2D eigenvalue weighted by atomic mass is 16.3. The highest BCUT2D eigenvalue weighted by Gasteiger charge is 2.07. The maximum Gasteiger partial charge on any atom is 0.222 e. The van der Waals surface area contributed by atoms with Crippen molar-refractivity contribution in [3.8, 4) is 11.4 Å². The smallest absolute Gasteiger partial charge is 0.222 e. The van der Waals surface area contributed by atoms with Crippen LogP contribution in [-0.2, 0) is 17.9 Å². The monoisotopic (exact) mass is 297 g/mol. The predicted octanol–water partition coefficient (Wildman–Crippen LogP) is 1.64. The first kappa shape index (κ1) is 14.0. The fourth-order valence-corrected chi connectivity index (χ4v) is 1.93. The molecule has 0 aliphatic rings. The first-order valence-corrected chi connectivity index (χ1v) is 6.93. The molecule has 0 spiro atoms. The van der Waals surface area contributed by atoms with Crippen molar-refractivity contribution in [2.75, 3.05) is 0 Å². The number of hydrogen-bond acceptors (Lipinski definition) is 5. The van der Waals surface area contributed by atoms with Crippen molar-refractivity contribution in [3.05, 3.63) is 54.5 Å². The van der Waals surface area contributed by atoms with Gasteiger partial charge in [-0.2, -0.15) is 4.80 Å². The van der Waals surface area contributed by atoms with Gasteiger partial charge in [0.15, 0.2) is 0 Å². The largest absolute Gasteiger partial charge is 0.467 e. The van der Waals surface area contributed by atoms with Crippen LogP contribution in [-0.4, -0.2) is 26.1 Å². The van der Waals surface area contributed by atoms with E-state index in [-0.39, 0.29) is 12.3 Å². The van der Waals surface area contributed by atoms with Gasteiger partial charge in [-0.05, 0) is 17.3 Å². The minimum atomic E-state index is -0.0880. The van der Waals surface area contributed by atoms with Crippen LogP contribution in [0.5, 0.6) is 0 Å². The number of rotatable bonds is 6. The number of carbonyl (C=O) groups is 1. The van der Waals surface area contributed by atoms with Gasteiger partial charge in [-0.3, -0.25) is 4.79 Å². The van der Waals surface area contributed by atoms with Gasteiger partial charge in [-0.15, -0.1) is 10.2 Å². The molecule has 1 N–H and O–H groups in total. The molecule has 0 saturated carbocycles. The lowest BCUT2D eigenvalue weighted by atomic mass is 10.2. The van der Waals surface area contributed by atoms with Crippen molar-refractivity contribution in [2.45, 2.75) is 19.5 Å². The zero-order valence-electron chi connectivity index (χ0n) is 11.8. The van der Waals surface area contributed by atoms with E-state index < -0.39 is 0 Å².